The van der Waals surface area contributed by atoms with E-state index in [0.717, 1.165) is 16.7 Å². The topological polar surface area (TPSA) is 122 Å². The third kappa shape index (κ3) is 5.80. The summed E-state index contributed by atoms with van der Waals surface area (Å²) < 4.78 is 59.7. The Morgan fingerprint density at radius 1 is 1.08 bits per heavy atom. The Bertz CT molecular complexity index is 1700. The zero-order valence-corrected chi connectivity index (χ0v) is 21.7. The molecule has 0 saturated heterocycles. The third-order valence-corrected chi connectivity index (χ3v) is 7.82. The number of carbonyl (C=O) groups excluding carboxylic acids is 1. The fourth-order valence-electron chi connectivity index (χ4n) is 4.11. The van der Waals surface area contributed by atoms with Gasteiger partial charge in [-0.25, -0.2) is 0 Å². The zero-order valence-electron chi connectivity index (χ0n) is 20.9. The SMILES string of the molecule is Cc1ccc(CNc2cc3c4c(c2O)[N+](S(=O)(=O)c2ccc(C)cc2)=CC=4CCN=3)cc1.O=C([O-])C(F)(F)F. The van der Waals surface area contributed by atoms with Gasteiger partial charge in [0, 0.05) is 18.7 Å². The first-order chi connectivity index (χ1) is 18.3. The standard InChI is InChI=1S/C25H23N3O3S.C2HF3O2/c1-16-3-7-18(8-4-16)14-27-22-13-21-23-19(11-12-26-21)15-28(24(23)25(22)29)32(30,31)20-9-5-17(2)6-10-20;3-2(4,5)1(6)7/h3-10,13,15H,11-12,14H2,1-2H3,(H,26,27);(H,6,7). The maximum Gasteiger partial charge on any atom is 0.430 e. The van der Waals surface area contributed by atoms with Gasteiger partial charge in [-0.15, -0.1) is 0 Å². The number of aromatic hydroxyl groups is 1. The number of phenolic OH excluding ortho intramolecular Hbond substituents is 1. The summed E-state index contributed by atoms with van der Waals surface area (Å²) in [5.74, 6) is -3.10. The predicted octanol–water partition coefficient (Wildman–Crippen LogP) is 2.21. The number of halogens is 3. The highest BCUT2D eigenvalue weighted by atomic mass is 32.2. The minimum Gasteiger partial charge on any atom is -0.542 e. The molecule has 8 nitrogen and oxygen atoms in total. The van der Waals surface area contributed by atoms with Crippen LogP contribution in [0.3, 0.4) is 0 Å². The number of phenols is 1. The van der Waals surface area contributed by atoms with Gasteiger partial charge in [0.2, 0.25) is 5.75 Å². The summed E-state index contributed by atoms with van der Waals surface area (Å²) in [5, 5.41) is 24.6. The molecule has 0 bridgehead atoms. The molecule has 0 saturated carbocycles. The van der Waals surface area contributed by atoms with Gasteiger partial charge in [-0.05, 0) is 44.0 Å². The van der Waals surface area contributed by atoms with Crippen molar-refractivity contribution in [3.8, 4) is 5.75 Å². The summed E-state index contributed by atoms with van der Waals surface area (Å²) in [5.41, 5.74) is 4.82. The maximum atomic E-state index is 13.5. The van der Waals surface area contributed by atoms with Crippen LogP contribution in [0.2, 0.25) is 0 Å². The van der Waals surface area contributed by atoms with E-state index in [2.05, 4.69) is 10.3 Å². The molecule has 0 spiro atoms. The van der Waals surface area contributed by atoms with Crippen LogP contribution in [0.25, 0.3) is 5.57 Å². The molecule has 204 valence electrons. The number of anilines is 1. The molecule has 0 radical (unpaired) electrons. The summed E-state index contributed by atoms with van der Waals surface area (Å²) in [6.45, 7) is 5.02. The van der Waals surface area contributed by atoms with E-state index in [1.165, 1.54) is 9.54 Å². The first kappa shape index (κ1) is 27.8. The number of carboxylic acid groups (broad SMARTS) is 1. The van der Waals surface area contributed by atoms with Crippen molar-refractivity contribution in [2.24, 2.45) is 4.99 Å². The van der Waals surface area contributed by atoms with Crippen LogP contribution in [0.1, 0.15) is 23.1 Å². The number of carbonyl (C=O) groups is 1. The van der Waals surface area contributed by atoms with Crippen molar-refractivity contribution >= 4 is 39.2 Å². The van der Waals surface area contributed by atoms with Gasteiger partial charge in [-0.2, -0.15) is 21.6 Å². The molecule has 0 aliphatic carbocycles. The van der Waals surface area contributed by atoms with E-state index in [4.69, 9.17) is 9.90 Å². The number of nitrogens with one attached hydrogen (secondary N) is 1. The molecule has 0 atom stereocenters. The minimum absolute atomic E-state index is 0.0881. The number of rotatable bonds is 5. The predicted molar refractivity (Wildman–Crippen MR) is 136 cm³/mol. The molecule has 0 amide bonds. The normalized spacial score (nSPS) is 14.0. The number of hydrogen-bond acceptors (Lipinski definition) is 7. The van der Waals surface area contributed by atoms with Crippen LogP contribution in [0, 0.1) is 13.8 Å². The number of nitrogens with zero attached hydrogens (tertiary/aromatic N) is 2. The van der Waals surface area contributed by atoms with Gasteiger partial charge in [0.25, 0.3) is 5.69 Å². The smallest absolute Gasteiger partial charge is 0.430 e. The summed E-state index contributed by atoms with van der Waals surface area (Å²) in [6, 6.07) is 16.6. The molecule has 2 aliphatic rings. The Morgan fingerprint density at radius 3 is 2.21 bits per heavy atom. The van der Waals surface area contributed by atoms with Crippen LogP contribution in [-0.4, -0.2) is 42.4 Å². The lowest BCUT2D eigenvalue weighted by Crippen LogP contribution is -2.37. The van der Waals surface area contributed by atoms with Crippen molar-refractivity contribution in [1.29, 1.82) is 0 Å². The molecular weight excluding hydrogens is 535 g/mol. The molecule has 0 fully saturated rings. The number of benzene rings is 3. The lowest BCUT2D eigenvalue weighted by molar-refractivity contribution is -0.344. The number of alkyl halides is 3. The molecule has 2 N–H and O–H groups in total. The fraction of sp³-hybridized carbons (Fsp3) is 0.222. The summed E-state index contributed by atoms with van der Waals surface area (Å²) >= 11 is 0. The van der Waals surface area contributed by atoms with Crippen molar-refractivity contribution in [3.63, 3.8) is 0 Å². The minimum atomic E-state index is -5.19. The first-order valence-corrected chi connectivity index (χ1v) is 13.2. The van der Waals surface area contributed by atoms with Gasteiger partial charge < -0.3 is 20.3 Å². The number of aliphatic carboxylic acids is 1. The van der Waals surface area contributed by atoms with Gasteiger partial charge in [0.05, 0.1) is 16.3 Å². The van der Waals surface area contributed by atoms with E-state index >= 15 is 0 Å². The highest BCUT2D eigenvalue weighted by molar-refractivity contribution is 7.85. The quantitative estimate of drug-likeness (QED) is 0.365. The Morgan fingerprint density at radius 2 is 1.64 bits per heavy atom. The van der Waals surface area contributed by atoms with Crippen LogP contribution in [0.15, 0.2) is 64.5 Å². The number of carboxylic acids is 1. The molecule has 0 aromatic heterocycles. The molecule has 3 aromatic carbocycles. The van der Waals surface area contributed by atoms with E-state index in [9.17, 15) is 26.7 Å². The Labute approximate surface area is 222 Å². The zero-order chi connectivity index (χ0) is 28.5. The van der Waals surface area contributed by atoms with Gasteiger partial charge in [-0.1, -0.05) is 51.5 Å². The summed E-state index contributed by atoms with van der Waals surface area (Å²) in [6.07, 6.45) is -2.93. The molecule has 3 aromatic rings. The van der Waals surface area contributed by atoms with Crippen LogP contribution < -0.4 is 21.0 Å². The third-order valence-electron chi connectivity index (χ3n) is 6.14. The first-order valence-electron chi connectivity index (χ1n) is 11.8. The Hall–Kier alpha value is -4.19. The van der Waals surface area contributed by atoms with Crippen molar-refractivity contribution in [2.45, 2.75) is 37.9 Å². The van der Waals surface area contributed by atoms with Gasteiger partial charge in [0.1, 0.15) is 10.9 Å². The second-order valence-electron chi connectivity index (χ2n) is 9.04. The van der Waals surface area contributed by atoms with Crippen molar-refractivity contribution in [1.82, 2.24) is 0 Å². The van der Waals surface area contributed by atoms with Crippen LogP contribution in [0.5, 0.6) is 5.75 Å². The fourth-order valence-corrected chi connectivity index (χ4v) is 5.50. The molecule has 2 aliphatic heterocycles. The highest BCUT2D eigenvalue weighted by Gasteiger charge is 2.39. The molecular formula is C27H24F3N3O5S. The Kier molecular flexibility index (Phi) is 7.51. The maximum absolute atomic E-state index is 13.5. The van der Waals surface area contributed by atoms with E-state index in [1.54, 1.807) is 36.5 Å². The molecule has 12 heteroatoms. The van der Waals surface area contributed by atoms with E-state index in [0.29, 0.717) is 35.8 Å². The second-order valence-corrected chi connectivity index (χ2v) is 10.9. The van der Waals surface area contributed by atoms with Gasteiger partial charge in [-0.3, -0.25) is 4.99 Å². The lowest BCUT2D eigenvalue weighted by atomic mass is 10.1. The van der Waals surface area contributed by atoms with E-state index in [1.807, 2.05) is 38.1 Å². The van der Waals surface area contributed by atoms with E-state index < -0.39 is 22.2 Å². The average molecular weight is 560 g/mol. The molecule has 0 unspecified atom stereocenters. The van der Waals surface area contributed by atoms with Crippen LogP contribution in [0.4, 0.5) is 24.5 Å². The van der Waals surface area contributed by atoms with Crippen molar-refractivity contribution in [3.05, 3.63) is 81.9 Å². The number of aryl methyl sites for hydroxylation is 2. The second kappa shape index (κ2) is 10.5. The number of sulfonamides is 1. The van der Waals surface area contributed by atoms with E-state index in [-0.39, 0.29) is 16.3 Å². The molecule has 39 heavy (non-hydrogen) atoms. The highest BCUT2D eigenvalue weighted by Crippen LogP contribution is 2.35. The monoisotopic (exact) mass is 559 g/mol. The number of hydrogen-bond donors (Lipinski definition) is 2. The van der Waals surface area contributed by atoms with Crippen LogP contribution in [-0.2, 0) is 21.4 Å². The molecule has 5 rings (SSSR count). The van der Waals surface area contributed by atoms with Crippen LogP contribution >= 0.6 is 0 Å². The van der Waals surface area contributed by atoms with Crippen molar-refractivity contribution < 1.29 is 40.6 Å². The summed E-state index contributed by atoms with van der Waals surface area (Å²) in [7, 11) is -3.88. The van der Waals surface area contributed by atoms with Gasteiger partial charge in [0.15, 0.2) is 6.21 Å². The lowest BCUT2D eigenvalue weighted by Gasteiger charge is -2.11. The summed E-state index contributed by atoms with van der Waals surface area (Å²) in [4.78, 5) is 13.6. The molecule has 2 heterocycles. The van der Waals surface area contributed by atoms with Crippen molar-refractivity contribution in [2.75, 3.05) is 11.9 Å². The largest absolute Gasteiger partial charge is 0.542 e. The van der Waals surface area contributed by atoms with Gasteiger partial charge >= 0.3 is 16.2 Å². The Balaban J connectivity index is 0.000000448. The average Bonchev–Trinajstić information content (AvgIpc) is 3.28.